The zero-order chi connectivity index (χ0) is 15.8. The number of amides is 1. The van der Waals surface area contributed by atoms with Gasteiger partial charge in [-0.05, 0) is 23.1 Å². The third kappa shape index (κ3) is 2.66. The minimum atomic E-state index is -0.0514. The minimum absolute atomic E-state index is 0.00431. The van der Waals surface area contributed by atoms with Crippen molar-refractivity contribution in [2.24, 2.45) is 0 Å². The summed E-state index contributed by atoms with van der Waals surface area (Å²) in [5, 5.41) is 10.2. The molecule has 0 saturated heterocycles. The number of thiophene rings is 1. The molecular formula is C17H14ClN3OS. The third-order valence-electron chi connectivity index (χ3n) is 4.06. The van der Waals surface area contributed by atoms with Gasteiger partial charge in [0, 0.05) is 27.8 Å². The van der Waals surface area contributed by atoms with E-state index < -0.39 is 0 Å². The highest BCUT2D eigenvalue weighted by Crippen LogP contribution is 2.39. The number of aromatic nitrogens is 2. The number of rotatable bonds is 3. The van der Waals surface area contributed by atoms with Crippen LogP contribution in [0.15, 0.2) is 48.0 Å². The molecule has 0 fully saturated rings. The second kappa shape index (κ2) is 5.83. The monoisotopic (exact) mass is 343 g/mol. The maximum atomic E-state index is 12.2. The molecule has 3 aromatic rings. The lowest BCUT2D eigenvalue weighted by atomic mass is 9.87. The zero-order valence-electron chi connectivity index (χ0n) is 12.2. The molecule has 0 aliphatic carbocycles. The lowest BCUT2D eigenvalue weighted by Crippen LogP contribution is -2.25. The van der Waals surface area contributed by atoms with Gasteiger partial charge in [-0.1, -0.05) is 35.9 Å². The van der Waals surface area contributed by atoms with E-state index in [1.807, 2.05) is 46.6 Å². The van der Waals surface area contributed by atoms with Gasteiger partial charge in [0.25, 0.3) is 0 Å². The molecule has 3 heterocycles. The van der Waals surface area contributed by atoms with Crippen molar-refractivity contribution in [3.8, 4) is 0 Å². The van der Waals surface area contributed by atoms with E-state index in [0.717, 1.165) is 16.9 Å². The van der Waals surface area contributed by atoms with Crippen LogP contribution in [-0.2, 0) is 11.3 Å². The first-order valence-electron chi connectivity index (χ1n) is 7.35. The standard InChI is InChI=1S/C17H14ClN3OS/c18-15-6-2-1-5-12(15)13-8-16(22)20-17-14(13)9-19-21(17)10-11-4-3-7-23-11/h1-7,9,13H,8,10H2,(H,20,22). The van der Waals surface area contributed by atoms with Gasteiger partial charge in [0.05, 0.1) is 12.7 Å². The van der Waals surface area contributed by atoms with E-state index in [1.54, 1.807) is 11.3 Å². The quantitative estimate of drug-likeness (QED) is 0.777. The normalized spacial score (nSPS) is 16.9. The van der Waals surface area contributed by atoms with Gasteiger partial charge in [-0.3, -0.25) is 4.79 Å². The van der Waals surface area contributed by atoms with E-state index in [2.05, 4.69) is 16.5 Å². The largest absolute Gasteiger partial charge is 0.311 e. The van der Waals surface area contributed by atoms with Crippen LogP contribution in [0.5, 0.6) is 0 Å². The lowest BCUT2D eigenvalue weighted by molar-refractivity contribution is -0.116. The molecule has 0 bridgehead atoms. The highest BCUT2D eigenvalue weighted by molar-refractivity contribution is 7.09. The molecule has 1 unspecified atom stereocenters. The van der Waals surface area contributed by atoms with Crippen LogP contribution >= 0.6 is 22.9 Å². The number of anilines is 1. The molecule has 1 aliphatic rings. The number of carbonyl (C=O) groups excluding carboxylic acids is 1. The van der Waals surface area contributed by atoms with E-state index in [-0.39, 0.29) is 11.8 Å². The van der Waals surface area contributed by atoms with Crippen LogP contribution < -0.4 is 5.32 Å². The Labute approximate surface area is 142 Å². The smallest absolute Gasteiger partial charge is 0.226 e. The second-order valence-electron chi connectivity index (χ2n) is 5.51. The number of carbonyl (C=O) groups is 1. The number of hydrogen-bond donors (Lipinski definition) is 1. The Morgan fingerprint density at radius 1 is 1.26 bits per heavy atom. The maximum Gasteiger partial charge on any atom is 0.226 e. The van der Waals surface area contributed by atoms with Gasteiger partial charge in [-0.15, -0.1) is 11.3 Å². The first kappa shape index (κ1) is 14.5. The molecule has 0 radical (unpaired) electrons. The number of benzene rings is 1. The average molecular weight is 344 g/mol. The summed E-state index contributed by atoms with van der Waals surface area (Å²) in [6.07, 6.45) is 2.23. The van der Waals surface area contributed by atoms with Crippen LogP contribution in [0.1, 0.15) is 28.3 Å². The van der Waals surface area contributed by atoms with Crippen LogP contribution in [-0.4, -0.2) is 15.7 Å². The number of fused-ring (bicyclic) bond motifs is 1. The first-order chi connectivity index (χ1) is 11.2. The molecule has 6 heteroatoms. The SMILES string of the molecule is O=C1CC(c2ccccc2Cl)c2cnn(Cc3cccs3)c2N1. The fraction of sp³-hybridized carbons (Fsp3) is 0.176. The molecule has 1 aromatic carbocycles. The van der Waals surface area contributed by atoms with Crippen LogP contribution in [0.4, 0.5) is 5.82 Å². The minimum Gasteiger partial charge on any atom is -0.311 e. The van der Waals surface area contributed by atoms with Crippen molar-refractivity contribution in [3.05, 3.63) is 69.0 Å². The molecule has 1 N–H and O–H groups in total. The molecule has 2 aromatic heterocycles. The Bertz CT molecular complexity index is 857. The summed E-state index contributed by atoms with van der Waals surface area (Å²) in [4.78, 5) is 13.4. The van der Waals surface area contributed by atoms with E-state index >= 15 is 0 Å². The van der Waals surface area contributed by atoms with Crippen molar-refractivity contribution in [1.29, 1.82) is 0 Å². The summed E-state index contributed by atoms with van der Waals surface area (Å²) in [5.74, 6) is 0.722. The Morgan fingerprint density at radius 2 is 2.13 bits per heavy atom. The molecule has 0 saturated carbocycles. The highest BCUT2D eigenvalue weighted by atomic mass is 35.5. The van der Waals surface area contributed by atoms with Crippen LogP contribution in [0, 0.1) is 0 Å². The predicted molar refractivity (Wildman–Crippen MR) is 92.2 cm³/mol. The van der Waals surface area contributed by atoms with E-state index in [4.69, 9.17) is 11.6 Å². The number of nitrogens with one attached hydrogen (secondary N) is 1. The van der Waals surface area contributed by atoms with E-state index in [1.165, 1.54) is 4.88 Å². The number of hydrogen-bond acceptors (Lipinski definition) is 3. The summed E-state index contributed by atoms with van der Waals surface area (Å²) >= 11 is 8.01. The molecule has 1 amide bonds. The molecule has 4 rings (SSSR count). The third-order valence-corrected chi connectivity index (χ3v) is 5.26. The summed E-state index contributed by atoms with van der Waals surface area (Å²) in [5.41, 5.74) is 2.00. The summed E-state index contributed by atoms with van der Waals surface area (Å²) in [7, 11) is 0. The molecule has 0 spiro atoms. The van der Waals surface area contributed by atoms with E-state index in [9.17, 15) is 4.79 Å². The van der Waals surface area contributed by atoms with Crippen molar-refractivity contribution >= 4 is 34.7 Å². The van der Waals surface area contributed by atoms with Gasteiger partial charge in [0.15, 0.2) is 0 Å². The fourth-order valence-corrected chi connectivity index (χ4v) is 3.93. The van der Waals surface area contributed by atoms with Crippen molar-refractivity contribution in [3.63, 3.8) is 0 Å². The van der Waals surface area contributed by atoms with Gasteiger partial charge in [0.2, 0.25) is 5.91 Å². The molecule has 116 valence electrons. The molecule has 23 heavy (non-hydrogen) atoms. The number of nitrogens with zero attached hydrogens (tertiary/aromatic N) is 2. The average Bonchev–Trinajstić information content (AvgIpc) is 3.18. The summed E-state index contributed by atoms with van der Waals surface area (Å²) in [6, 6.07) is 11.8. The summed E-state index contributed by atoms with van der Waals surface area (Å²) in [6.45, 7) is 0.655. The maximum absolute atomic E-state index is 12.2. The van der Waals surface area contributed by atoms with Crippen molar-refractivity contribution in [2.75, 3.05) is 5.32 Å². The van der Waals surface area contributed by atoms with Crippen molar-refractivity contribution < 1.29 is 4.79 Å². The first-order valence-corrected chi connectivity index (χ1v) is 8.60. The Hall–Kier alpha value is -2.11. The lowest BCUT2D eigenvalue weighted by Gasteiger charge is -2.24. The Morgan fingerprint density at radius 3 is 2.91 bits per heavy atom. The van der Waals surface area contributed by atoms with Gasteiger partial charge in [-0.25, -0.2) is 4.68 Å². The Balaban J connectivity index is 1.75. The summed E-state index contributed by atoms with van der Waals surface area (Å²) < 4.78 is 1.85. The Kier molecular flexibility index (Phi) is 3.67. The predicted octanol–water partition coefficient (Wildman–Crippen LogP) is 4.12. The molecule has 4 nitrogen and oxygen atoms in total. The van der Waals surface area contributed by atoms with Crippen molar-refractivity contribution in [2.45, 2.75) is 18.9 Å². The topological polar surface area (TPSA) is 46.9 Å². The van der Waals surface area contributed by atoms with Crippen molar-refractivity contribution in [1.82, 2.24) is 9.78 Å². The zero-order valence-corrected chi connectivity index (χ0v) is 13.8. The van der Waals surface area contributed by atoms with Gasteiger partial charge < -0.3 is 5.32 Å². The van der Waals surface area contributed by atoms with Gasteiger partial charge in [0.1, 0.15) is 5.82 Å². The number of halogens is 1. The fourth-order valence-electron chi connectivity index (χ4n) is 2.98. The van der Waals surface area contributed by atoms with Gasteiger partial charge in [-0.2, -0.15) is 5.10 Å². The van der Waals surface area contributed by atoms with E-state index in [0.29, 0.717) is 18.0 Å². The molecule has 1 atom stereocenters. The second-order valence-corrected chi connectivity index (χ2v) is 6.95. The molecule has 1 aliphatic heterocycles. The molecular weight excluding hydrogens is 330 g/mol. The van der Waals surface area contributed by atoms with Crippen LogP contribution in [0.25, 0.3) is 0 Å². The van der Waals surface area contributed by atoms with Gasteiger partial charge >= 0.3 is 0 Å². The van der Waals surface area contributed by atoms with Crippen LogP contribution in [0.3, 0.4) is 0 Å². The van der Waals surface area contributed by atoms with Crippen LogP contribution in [0.2, 0.25) is 5.02 Å². The highest BCUT2D eigenvalue weighted by Gasteiger charge is 2.31.